The summed E-state index contributed by atoms with van der Waals surface area (Å²) in [5, 5.41) is 8.14. The largest absolute Gasteiger partial charge is 0.357 e. The monoisotopic (exact) mass is 255 g/mol. The van der Waals surface area contributed by atoms with Crippen LogP contribution in [0.25, 0.3) is 0 Å². The summed E-state index contributed by atoms with van der Waals surface area (Å²) in [6, 6.07) is -0.550. The number of carbonyl (C=O) groups excluding carboxylic acids is 1. The number of hydrogen-bond acceptors (Lipinski definition) is 5. The van der Waals surface area contributed by atoms with E-state index in [4.69, 9.17) is 0 Å². The molecular weight excluding hydrogens is 237 g/mol. The fourth-order valence-corrected chi connectivity index (χ4v) is 1.27. The molecule has 7 heteroatoms. The topological polar surface area (TPSA) is 78.9 Å². The van der Waals surface area contributed by atoms with E-state index in [1.165, 1.54) is 0 Å². The molecule has 0 spiro atoms. The Hall–Kier alpha value is -1.92. The van der Waals surface area contributed by atoms with Gasteiger partial charge in [0.15, 0.2) is 11.6 Å². The van der Waals surface area contributed by atoms with Crippen molar-refractivity contribution in [1.29, 1.82) is 0 Å². The molecule has 0 saturated carbocycles. The fraction of sp³-hybridized carbons (Fsp3) is 0.545. The van der Waals surface area contributed by atoms with Crippen molar-refractivity contribution < 1.29 is 9.18 Å². The number of nitrogens with zero attached hydrogens (tertiary/aromatic N) is 2. The molecule has 1 rings (SSSR count). The van der Waals surface area contributed by atoms with Gasteiger partial charge in [-0.2, -0.15) is 4.98 Å². The van der Waals surface area contributed by atoms with Crippen LogP contribution in [0.1, 0.15) is 20.8 Å². The highest BCUT2D eigenvalue weighted by atomic mass is 19.1. The summed E-state index contributed by atoms with van der Waals surface area (Å²) >= 11 is 0. The molecule has 0 aromatic carbocycles. The van der Waals surface area contributed by atoms with Crippen LogP contribution in [0.15, 0.2) is 6.20 Å². The van der Waals surface area contributed by atoms with E-state index in [0.717, 1.165) is 6.20 Å². The van der Waals surface area contributed by atoms with E-state index in [-0.39, 0.29) is 23.7 Å². The molecule has 3 N–H and O–H groups in total. The second-order valence-electron chi connectivity index (χ2n) is 4.17. The maximum atomic E-state index is 13.4. The number of aromatic nitrogens is 2. The lowest BCUT2D eigenvalue weighted by molar-refractivity contribution is -0.122. The summed E-state index contributed by atoms with van der Waals surface area (Å²) in [7, 11) is 1.63. The van der Waals surface area contributed by atoms with E-state index in [1.54, 1.807) is 14.0 Å². The van der Waals surface area contributed by atoms with Gasteiger partial charge in [0.05, 0.1) is 6.20 Å². The number of anilines is 2. The zero-order valence-electron chi connectivity index (χ0n) is 10.9. The third-order valence-corrected chi connectivity index (χ3v) is 2.15. The van der Waals surface area contributed by atoms with E-state index >= 15 is 0 Å². The first-order valence-electron chi connectivity index (χ1n) is 5.71. The van der Waals surface area contributed by atoms with Crippen LogP contribution in [0.4, 0.5) is 16.2 Å². The van der Waals surface area contributed by atoms with Gasteiger partial charge in [-0.1, -0.05) is 0 Å². The van der Waals surface area contributed by atoms with Crippen molar-refractivity contribution in [3.05, 3.63) is 12.0 Å². The lowest BCUT2D eigenvalue weighted by atomic mass is 10.3. The quantitative estimate of drug-likeness (QED) is 0.731. The molecule has 0 saturated heterocycles. The van der Waals surface area contributed by atoms with Crippen LogP contribution < -0.4 is 16.0 Å². The van der Waals surface area contributed by atoms with Gasteiger partial charge in [-0.15, -0.1) is 0 Å². The van der Waals surface area contributed by atoms with Crippen molar-refractivity contribution in [1.82, 2.24) is 15.3 Å². The summed E-state index contributed by atoms with van der Waals surface area (Å²) in [4.78, 5) is 19.3. The zero-order chi connectivity index (χ0) is 13.7. The Morgan fingerprint density at radius 3 is 2.61 bits per heavy atom. The molecule has 0 aliphatic heterocycles. The lowest BCUT2D eigenvalue weighted by Crippen LogP contribution is -2.41. The van der Waals surface area contributed by atoms with E-state index < -0.39 is 11.9 Å². The number of rotatable bonds is 5. The van der Waals surface area contributed by atoms with Crippen LogP contribution in [0, 0.1) is 5.82 Å². The highest BCUT2D eigenvalue weighted by Crippen LogP contribution is 2.12. The number of amides is 1. The number of carbonyl (C=O) groups is 1. The van der Waals surface area contributed by atoms with E-state index in [0.29, 0.717) is 0 Å². The van der Waals surface area contributed by atoms with Gasteiger partial charge in [0, 0.05) is 13.1 Å². The van der Waals surface area contributed by atoms with Gasteiger partial charge in [0.1, 0.15) is 6.04 Å². The molecule has 1 unspecified atom stereocenters. The predicted molar refractivity (Wildman–Crippen MR) is 67.9 cm³/mol. The molecule has 0 radical (unpaired) electrons. The van der Waals surface area contributed by atoms with Crippen LogP contribution in [0.3, 0.4) is 0 Å². The Morgan fingerprint density at radius 1 is 1.39 bits per heavy atom. The molecule has 6 nitrogen and oxygen atoms in total. The second kappa shape index (κ2) is 6.13. The third-order valence-electron chi connectivity index (χ3n) is 2.15. The van der Waals surface area contributed by atoms with Crippen LogP contribution in [0.2, 0.25) is 0 Å². The minimum Gasteiger partial charge on any atom is -0.357 e. The molecule has 0 aliphatic rings. The fourth-order valence-electron chi connectivity index (χ4n) is 1.27. The summed E-state index contributed by atoms with van der Waals surface area (Å²) < 4.78 is 13.4. The van der Waals surface area contributed by atoms with Gasteiger partial charge in [-0.25, -0.2) is 9.37 Å². The Labute approximate surface area is 105 Å². The van der Waals surface area contributed by atoms with Gasteiger partial charge in [0.25, 0.3) is 0 Å². The van der Waals surface area contributed by atoms with Crippen molar-refractivity contribution in [3.63, 3.8) is 0 Å². The molecule has 1 amide bonds. The summed E-state index contributed by atoms with van der Waals surface area (Å²) in [5.41, 5.74) is 0. The first kappa shape index (κ1) is 14.1. The average molecular weight is 255 g/mol. The molecule has 0 fully saturated rings. The first-order chi connectivity index (χ1) is 8.43. The molecule has 0 bridgehead atoms. The smallest absolute Gasteiger partial charge is 0.242 e. The number of hydrogen-bond donors (Lipinski definition) is 3. The normalized spacial score (nSPS) is 12.1. The van der Waals surface area contributed by atoms with Crippen LogP contribution in [0.5, 0.6) is 0 Å². The molecule has 100 valence electrons. The molecule has 1 aromatic rings. The summed E-state index contributed by atoms with van der Waals surface area (Å²) in [5.74, 6) is -0.525. The summed E-state index contributed by atoms with van der Waals surface area (Å²) in [6.45, 7) is 5.35. The molecule has 18 heavy (non-hydrogen) atoms. The van der Waals surface area contributed by atoms with Crippen molar-refractivity contribution in [2.75, 3.05) is 17.7 Å². The Kier molecular flexibility index (Phi) is 4.82. The average Bonchev–Trinajstić information content (AvgIpc) is 2.31. The minimum atomic E-state index is -0.599. The van der Waals surface area contributed by atoms with E-state index in [1.807, 2.05) is 13.8 Å². The predicted octanol–water partition coefficient (Wildman–Crippen LogP) is 0.982. The van der Waals surface area contributed by atoms with Crippen LogP contribution >= 0.6 is 0 Å². The SMILES string of the molecule is CNc1ncc(F)c(NC(C)C(=O)NC(C)C)n1. The van der Waals surface area contributed by atoms with Gasteiger partial charge in [0.2, 0.25) is 11.9 Å². The summed E-state index contributed by atoms with van der Waals surface area (Å²) in [6.07, 6.45) is 1.05. The second-order valence-corrected chi connectivity index (χ2v) is 4.17. The Bertz CT molecular complexity index is 424. The molecule has 1 atom stereocenters. The highest BCUT2D eigenvalue weighted by Gasteiger charge is 2.16. The first-order valence-corrected chi connectivity index (χ1v) is 5.71. The maximum Gasteiger partial charge on any atom is 0.242 e. The lowest BCUT2D eigenvalue weighted by Gasteiger charge is -2.16. The van der Waals surface area contributed by atoms with Crippen molar-refractivity contribution in [2.24, 2.45) is 0 Å². The van der Waals surface area contributed by atoms with Crippen molar-refractivity contribution >= 4 is 17.7 Å². The van der Waals surface area contributed by atoms with Gasteiger partial charge in [-0.05, 0) is 20.8 Å². The van der Waals surface area contributed by atoms with Crippen molar-refractivity contribution in [3.8, 4) is 0 Å². The van der Waals surface area contributed by atoms with Gasteiger partial charge >= 0.3 is 0 Å². The Balaban J connectivity index is 2.74. The van der Waals surface area contributed by atoms with Gasteiger partial charge < -0.3 is 16.0 Å². The molecular formula is C11H18FN5O. The Morgan fingerprint density at radius 2 is 2.06 bits per heavy atom. The third kappa shape index (κ3) is 3.83. The zero-order valence-corrected chi connectivity index (χ0v) is 10.9. The van der Waals surface area contributed by atoms with Crippen LogP contribution in [-0.4, -0.2) is 35.0 Å². The molecule has 0 aliphatic carbocycles. The highest BCUT2D eigenvalue weighted by molar-refractivity contribution is 5.84. The van der Waals surface area contributed by atoms with Gasteiger partial charge in [-0.3, -0.25) is 4.79 Å². The standard InChI is InChI=1S/C11H18FN5O/c1-6(2)15-10(18)7(3)16-9-8(12)5-14-11(13-4)17-9/h5-7H,1-4H3,(H,15,18)(H2,13,14,16,17). The van der Waals surface area contributed by atoms with E-state index in [9.17, 15) is 9.18 Å². The maximum absolute atomic E-state index is 13.4. The van der Waals surface area contributed by atoms with E-state index in [2.05, 4.69) is 25.9 Å². The molecule has 1 aromatic heterocycles. The van der Waals surface area contributed by atoms with Crippen molar-refractivity contribution in [2.45, 2.75) is 32.9 Å². The molecule has 1 heterocycles. The number of nitrogens with one attached hydrogen (secondary N) is 3. The number of halogens is 1. The van der Waals surface area contributed by atoms with Crippen LogP contribution in [-0.2, 0) is 4.79 Å². The minimum absolute atomic E-state index is 0.000700.